The Hall–Kier alpha value is -2.02. The SMILES string of the molecule is O=C(Cc1cnccn1)N1CCC2(CCC(=O)N(CC3CCCO3)C2)CC1. The van der Waals surface area contributed by atoms with E-state index in [9.17, 15) is 9.59 Å². The van der Waals surface area contributed by atoms with Gasteiger partial charge < -0.3 is 14.5 Å². The van der Waals surface area contributed by atoms with Crippen molar-refractivity contribution in [3.8, 4) is 0 Å². The van der Waals surface area contributed by atoms with Crippen LogP contribution in [0.5, 0.6) is 0 Å². The Kier molecular flexibility index (Phi) is 5.38. The monoisotopic (exact) mass is 372 g/mol. The zero-order valence-electron chi connectivity index (χ0n) is 15.8. The molecule has 0 bridgehead atoms. The summed E-state index contributed by atoms with van der Waals surface area (Å²) in [5.74, 6) is 0.380. The summed E-state index contributed by atoms with van der Waals surface area (Å²) in [7, 11) is 0. The molecule has 0 aromatic carbocycles. The molecule has 2 amide bonds. The van der Waals surface area contributed by atoms with Gasteiger partial charge in [-0.2, -0.15) is 0 Å². The third-order valence-electron chi connectivity index (χ3n) is 6.32. The maximum Gasteiger partial charge on any atom is 0.228 e. The molecule has 146 valence electrons. The fourth-order valence-electron chi connectivity index (χ4n) is 4.63. The van der Waals surface area contributed by atoms with Gasteiger partial charge in [0.15, 0.2) is 0 Å². The van der Waals surface area contributed by atoms with Gasteiger partial charge in [0.2, 0.25) is 11.8 Å². The molecule has 7 nitrogen and oxygen atoms in total. The van der Waals surface area contributed by atoms with E-state index >= 15 is 0 Å². The molecule has 4 rings (SSSR count). The number of likely N-dealkylation sites (tertiary alicyclic amines) is 2. The molecule has 1 unspecified atom stereocenters. The molecule has 1 atom stereocenters. The van der Waals surface area contributed by atoms with Gasteiger partial charge in [-0.1, -0.05) is 0 Å². The molecule has 1 spiro atoms. The van der Waals surface area contributed by atoms with Gasteiger partial charge in [0.25, 0.3) is 0 Å². The van der Waals surface area contributed by atoms with Crippen molar-refractivity contribution in [1.82, 2.24) is 19.8 Å². The van der Waals surface area contributed by atoms with E-state index < -0.39 is 0 Å². The zero-order chi connectivity index (χ0) is 18.7. The Morgan fingerprint density at radius 1 is 1.26 bits per heavy atom. The molecule has 3 saturated heterocycles. The van der Waals surface area contributed by atoms with Crippen molar-refractivity contribution in [3.63, 3.8) is 0 Å². The molecular formula is C20H28N4O3. The molecule has 3 aliphatic heterocycles. The lowest BCUT2D eigenvalue weighted by molar-refractivity contribution is -0.143. The third kappa shape index (κ3) is 4.29. The van der Waals surface area contributed by atoms with E-state index in [1.165, 1.54) is 0 Å². The number of ether oxygens (including phenoxy) is 1. The third-order valence-corrected chi connectivity index (χ3v) is 6.32. The van der Waals surface area contributed by atoms with Gasteiger partial charge >= 0.3 is 0 Å². The smallest absolute Gasteiger partial charge is 0.228 e. The highest BCUT2D eigenvalue weighted by Crippen LogP contribution is 2.40. The highest BCUT2D eigenvalue weighted by molar-refractivity contribution is 5.79. The standard InChI is InChI=1S/C20H28N4O3/c25-18-3-4-20(15-24(18)14-17-2-1-11-27-17)5-9-23(10-6-20)19(26)12-16-13-21-7-8-22-16/h7-8,13,17H,1-6,9-12,14-15H2. The molecule has 3 aliphatic rings. The van der Waals surface area contributed by atoms with Crippen molar-refractivity contribution in [1.29, 1.82) is 0 Å². The van der Waals surface area contributed by atoms with Crippen LogP contribution < -0.4 is 0 Å². The summed E-state index contributed by atoms with van der Waals surface area (Å²) in [6, 6.07) is 0. The van der Waals surface area contributed by atoms with Crippen molar-refractivity contribution >= 4 is 11.8 Å². The molecule has 7 heteroatoms. The number of piperidine rings is 2. The summed E-state index contributed by atoms with van der Waals surface area (Å²) in [6.45, 7) is 3.90. The maximum absolute atomic E-state index is 12.6. The van der Waals surface area contributed by atoms with Crippen molar-refractivity contribution in [2.45, 2.75) is 51.0 Å². The molecule has 0 radical (unpaired) electrons. The molecule has 4 heterocycles. The van der Waals surface area contributed by atoms with Crippen molar-refractivity contribution in [3.05, 3.63) is 24.3 Å². The van der Waals surface area contributed by atoms with E-state index in [0.29, 0.717) is 18.5 Å². The molecule has 0 N–H and O–H groups in total. The molecule has 1 aromatic heterocycles. The maximum atomic E-state index is 12.6. The van der Waals surface area contributed by atoms with Gasteiger partial charge in [0.05, 0.1) is 18.2 Å². The van der Waals surface area contributed by atoms with Gasteiger partial charge in [-0.15, -0.1) is 0 Å². The summed E-state index contributed by atoms with van der Waals surface area (Å²) >= 11 is 0. The number of carbonyl (C=O) groups is 2. The lowest BCUT2D eigenvalue weighted by Gasteiger charge is -2.47. The van der Waals surface area contributed by atoms with Gasteiger partial charge in [0.1, 0.15) is 0 Å². The average Bonchev–Trinajstić information content (AvgIpc) is 3.19. The molecule has 3 fully saturated rings. The summed E-state index contributed by atoms with van der Waals surface area (Å²) in [4.78, 5) is 37.1. The van der Waals surface area contributed by atoms with Crippen LogP contribution in [0.15, 0.2) is 18.6 Å². The van der Waals surface area contributed by atoms with E-state index in [-0.39, 0.29) is 23.3 Å². The Bertz CT molecular complexity index is 667. The van der Waals surface area contributed by atoms with Crippen LogP contribution in [0.25, 0.3) is 0 Å². The van der Waals surface area contributed by atoms with Gasteiger partial charge in [-0.25, -0.2) is 0 Å². The topological polar surface area (TPSA) is 75.6 Å². The summed E-state index contributed by atoms with van der Waals surface area (Å²) in [6.07, 6.45) is 11.1. The molecular weight excluding hydrogens is 344 g/mol. The number of hydrogen-bond acceptors (Lipinski definition) is 5. The van der Waals surface area contributed by atoms with Gasteiger partial charge in [0, 0.05) is 57.8 Å². The Morgan fingerprint density at radius 3 is 2.81 bits per heavy atom. The fourth-order valence-corrected chi connectivity index (χ4v) is 4.63. The Morgan fingerprint density at radius 2 is 2.11 bits per heavy atom. The van der Waals surface area contributed by atoms with Crippen LogP contribution in [-0.2, 0) is 20.7 Å². The van der Waals surface area contributed by atoms with Crippen molar-refractivity contribution < 1.29 is 14.3 Å². The average molecular weight is 372 g/mol. The van der Waals surface area contributed by atoms with Crippen LogP contribution in [0.2, 0.25) is 0 Å². The minimum atomic E-state index is 0.119. The molecule has 0 aliphatic carbocycles. The van der Waals surface area contributed by atoms with E-state index in [4.69, 9.17) is 4.74 Å². The number of carbonyl (C=O) groups excluding carboxylic acids is 2. The second kappa shape index (κ2) is 7.92. The first kappa shape index (κ1) is 18.3. The highest BCUT2D eigenvalue weighted by atomic mass is 16.5. The van der Waals surface area contributed by atoms with Crippen LogP contribution in [0.3, 0.4) is 0 Å². The molecule has 0 saturated carbocycles. The Labute approximate surface area is 160 Å². The molecule has 27 heavy (non-hydrogen) atoms. The Balaban J connectivity index is 1.31. The highest BCUT2D eigenvalue weighted by Gasteiger charge is 2.42. The largest absolute Gasteiger partial charge is 0.376 e. The van der Waals surface area contributed by atoms with Crippen molar-refractivity contribution in [2.75, 3.05) is 32.8 Å². The minimum Gasteiger partial charge on any atom is -0.376 e. The number of aromatic nitrogens is 2. The van der Waals surface area contributed by atoms with Crippen LogP contribution in [0.1, 0.15) is 44.2 Å². The zero-order valence-corrected chi connectivity index (χ0v) is 15.8. The number of hydrogen-bond donors (Lipinski definition) is 0. The first-order valence-corrected chi connectivity index (χ1v) is 10.1. The van der Waals surface area contributed by atoms with Crippen LogP contribution in [0, 0.1) is 5.41 Å². The predicted molar refractivity (Wildman–Crippen MR) is 98.8 cm³/mol. The van der Waals surface area contributed by atoms with E-state index in [1.54, 1.807) is 18.6 Å². The van der Waals surface area contributed by atoms with E-state index in [1.807, 2.05) is 9.80 Å². The predicted octanol–water partition coefficient (Wildman–Crippen LogP) is 1.43. The normalized spacial score (nSPS) is 25.2. The fraction of sp³-hybridized carbons (Fsp3) is 0.700. The van der Waals surface area contributed by atoms with Crippen LogP contribution in [0.4, 0.5) is 0 Å². The second-order valence-electron chi connectivity index (χ2n) is 8.16. The summed E-state index contributed by atoms with van der Waals surface area (Å²) in [5.41, 5.74) is 0.879. The van der Waals surface area contributed by atoms with Crippen molar-refractivity contribution in [2.24, 2.45) is 5.41 Å². The summed E-state index contributed by atoms with van der Waals surface area (Å²) in [5, 5.41) is 0. The number of rotatable bonds is 4. The van der Waals surface area contributed by atoms with Gasteiger partial charge in [-0.05, 0) is 37.5 Å². The first-order chi connectivity index (χ1) is 13.1. The number of amides is 2. The van der Waals surface area contributed by atoms with Crippen LogP contribution >= 0.6 is 0 Å². The first-order valence-electron chi connectivity index (χ1n) is 10.1. The second-order valence-corrected chi connectivity index (χ2v) is 8.16. The summed E-state index contributed by atoms with van der Waals surface area (Å²) < 4.78 is 5.73. The molecule has 1 aromatic rings. The van der Waals surface area contributed by atoms with E-state index in [0.717, 1.165) is 64.9 Å². The lowest BCUT2D eigenvalue weighted by atomic mass is 9.72. The number of nitrogens with zero attached hydrogens (tertiary/aromatic N) is 4. The van der Waals surface area contributed by atoms with E-state index in [2.05, 4.69) is 9.97 Å². The minimum absolute atomic E-state index is 0.119. The van der Waals surface area contributed by atoms with Gasteiger partial charge in [-0.3, -0.25) is 19.6 Å². The van der Waals surface area contributed by atoms with Crippen LogP contribution in [-0.4, -0.2) is 70.5 Å². The lowest BCUT2D eigenvalue weighted by Crippen LogP contribution is -2.53. The quantitative estimate of drug-likeness (QED) is 0.799.